The number of benzene rings is 1. The molecule has 1 atom stereocenters. The molecule has 0 aliphatic carbocycles. The summed E-state index contributed by atoms with van der Waals surface area (Å²) in [7, 11) is 0. The molecule has 0 saturated heterocycles. The van der Waals surface area contributed by atoms with Gasteiger partial charge in [0.25, 0.3) is 0 Å². The lowest BCUT2D eigenvalue weighted by molar-refractivity contribution is -0.144. The highest BCUT2D eigenvalue weighted by atomic mass is 19.1. The van der Waals surface area contributed by atoms with E-state index < -0.39 is 41.4 Å². The maximum atomic E-state index is 13.3. The lowest BCUT2D eigenvalue weighted by atomic mass is 10.0. The second-order valence-corrected chi connectivity index (χ2v) is 3.61. The summed E-state index contributed by atoms with van der Waals surface area (Å²) in [5, 5.41) is 0. The second-order valence-electron chi connectivity index (χ2n) is 3.61. The number of carbonyl (C=O) groups excluding carboxylic acids is 2. The maximum Gasteiger partial charge on any atom is 0.323 e. The summed E-state index contributed by atoms with van der Waals surface area (Å²) in [5.41, 5.74) is 5.00. The zero-order chi connectivity index (χ0) is 13.7. The number of nitrogens with two attached hydrogens (primary N) is 1. The van der Waals surface area contributed by atoms with Crippen molar-refractivity contribution < 1.29 is 23.1 Å². The summed E-state index contributed by atoms with van der Waals surface area (Å²) >= 11 is 0. The van der Waals surface area contributed by atoms with Gasteiger partial charge in [0.15, 0.2) is 5.78 Å². The van der Waals surface area contributed by atoms with Gasteiger partial charge >= 0.3 is 5.97 Å². The van der Waals surface area contributed by atoms with E-state index in [-0.39, 0.29) is 6.61 Å². The molecule has 6 heteroatoms. The topological polar surface area (TPSA) is 69.4 Å². The van der Waals surface area contributed by atoms with Crippen LogP contribution in [0.15, 0.2) is 18.2 Å². The van der Waals surface area contributed by atoms with Crippen LogP contribution in [0.25, 0.3) is 0 Å². The minimum Gasteiger partial charge on any atom is -0.465 e. The van der Waals surface area contributed by atoms with Crippen molar-refractivity contribution in [2.45, 2.75) is 19.4 Å². The molecule has 18 heavy (non-hydrogen) atoms. The fourth-order valence-corrected chi connectivity index (χ4v) is 1.35. The van der Waals surface area contributed by atoms with Crippen LogP contribution in [0.4, 0.5) is 8.78 Å². The van der Waals surface area contributed by atoms with Gasteiger partial charge in [0.05, 0.1) is 12.2 Å². The van der Waals surface area contributed by atoms with Gasteiger partial charge in [0.1, 0.15) is 17.7 Å². The van der Waals surface area contributed by atoms with Gasteiger partial charge in [-0.15, -0.1) is 0 Å². The van der Waals surface area contributed by atoms with Crippen molar-refractivity contribution in [3.8, 4) is 0 Å². The number of ketones is 1. The third-order valence-electron chi connectivity index (χ3n) is 2.22. The number of esters is 1. The molecule has 0 amide bonds. The Bertz CT molecular complexity index is 463. The molecule has 0 aliphatic heterocycles. The van der Waals surface area contributed by atoms with E-state index in [0.717, 1.165) is 18.2 Å². The van der Waals surface area contributed by atoms with Gasteiger partial charge in [-0.1, -0.05) is 0 Å². The quantitative estimate of drug-likeness (QED) is 0.640. The van der Waals surface area contributed by atoms with Crippen LogP contribution in [0, 0.1) is 11.6 Å². The predicted molar refractivity (Wildman–Crippen MR) is 59.9 cm³/mol. The molecule has 0 aliphatic rings. The van der Waals surface area contributed by atoms with E-state index in [2.05, 4.69) is 4.74 Å². The van der Waals surface area contributed by atoms with Gasteiger partial charge in [-0.2, -0.15) is 0 Å². The number of halogens is 2. The molecule has 0 saturated carbocycles. The Balaban J connectivity index is 2.76. The van der Waals surface area contributed by atoms with Gasteiger partial charge < -0.3 is 10.5 Å². The van der Waals surface area contributed by atoms with Crippen molar-refractivity contribution in [3.63, 3.8) is 0 Å². The van der Waals surface area contributed by atoms with Crippen LogP contribution in [0.5, 0.6) is 0 Å². The van der Waals surface area contributed by atoms with E-state index in [1.54, 1.807) is 6.92 Å². The Morgan fingerprint density at radius 3 is 2.67 bits per heavy atom. The van der Waals surface area contributed by atoms with Gasteiger partial charge in [0, 0.05) is 6.42 Å². The van der Waals surface area contributed by atoms with Crippen LogP contribution >= 0.6 is 0 Å². The third-order valence-corrected chi connectivity index (χ3v) is 2.22. The van der Waals surface area contributed by atoms with Gasteiger partial charge in [-0.3, -0.25) is 9.59 Å². The smallest absolute Gasteiger partial charge is 0.323 e. The molecule has 4 nitrogen and oxygen atoms in total. The lowest BCUT2D eigenvalue weighted by Crippen LogP contribution is -2.34. The van der Waals surface area contributed by atoms with Crippen LogP contribution in [0.2, 0.25) is 0 Å². The summed E-state index contributed by atoms with van der Waals surface area (Å²) in [4.78, 5) is 22.8. The van der Waals surface area contributed by atoms with Crippen LogP contribution < -0.4 is 5.73 Å². The highest BCUT2D eigenvalue weighted by Gasteiger charge is 2.21. The second kappa shape index (κ2) is 6.20. The largest absolute Gasteiger partial charge is 0.465 e. The minimum absolute atomic E-state index is 0.134. The lowest BCUT2D eigenvalue weighted by Gasteiger charge is -2.10. The standard InChI is InChI=1S/C12H13F2NO3/c1-2-18-12(17)10(15)6-11(16)8-5-7(13)3-4-9(8)14/h3-5,10H,2,6,15H2,1H3. The molecule has 98 valence electrons. The summed E-state index contributed by atoms with van der Waals surface area (Å²) in [6, 6.07) is 1.34. The van der Waals surface area contributed by atoms with Crippen molar-refractivity contribution in [1.29, 1.82) is 0 Å². The molecule has 1 aromatic rings. The number of hydrogen-bond donors (Lipinski definition) is 1. The first kappa shape index (κ1) is 14.2. The van der Waals surface area contributed by atoms with E-state index in [1.807, 2.05) is 0 Å². The monoisotopic (exact) mass is 257 g/mol. The molecular formula is C12H13F2NO3. The molecule has 1 aromatic carbocycles. The zero-order valence-electron chi connectivity index (χ0n) is 9.78. The molecule has 0 bridgehead atoms. The normalized spacial score (nSPS) is 12.0. The Kier molecular flexibility index (Phi) is 4.91. The van der Waals surface area contributed by atoms with E-state index in [9.17, 15) is 18.4 Å². The fourth-order valence-electron chi connectivity index (χ4n) is 1.35. The highest BCUT2D eigenvalue weighted by molar-refractivity contribution is 5.99. The first-order chi connectivity index (χ1) is 8.45. The maximum absolute atomic E-state index is 13.3. The van der Waals surface area contributed by atoms with E-state index >= 15 is 0 Å². The molecular weight excluding hydrogens is 244 g/mol. The van der Waals surface area contributed by atoms with Crippen molar-refractivity contribution in [2.75, 3.05) is 6.61 Å². The Morgan fingerprint density at radius 1 is 1.39 bits per heavy atom. The molecule has 1 rings (SSSR count). The van der Waals surface area contributed by atoms with E-state index in [1.165, 1.54) is 0 Å². The summed E-state index contributed by atoms with van der Waals surface area (Å²) in [6.45, 7) is 1.73. The number of ether oxygens (including phenoxy) is 1. The summed E-state index contributed by atoms with van der Waals surface area (Å²) in [6.07, 6.45) is -0.431. The van der Waals surface area contributed by atoms with Crippen molar-refractivity contribution in [2.24, 2.45) is 5.73 Å². The number of rotatable bonds is 5. The SMILES string of the molecule is CCOC(=O)C(N)CC(=O)c1cc(F)ccc1F. The zero-order valence-corrected chi connectivity index (χ0v) is 9.78. The van der Waals surface area contributed by atoms with Crippen LogP contribution in [-0.2, 0) is 9.53 Å². The minimum atomic E-state index is -1.18. The Morgan fingerprint density at radius 2 is 2.06 bits per heavy atom. The van der Waals surface area contributed by atoms with Crippen LogP contribution in [0.3, 0.4) is 0 Å². The van der Waals surface area contributed by atoms with Crippen molar-refractivity contribution in [1.82, 2.24) is 0 Å². The van der Waals surface area contributed by atoms with E-state index in [0.29, 0.717) is 0 Å². The van der Waals surface area contributed by atoms with Gasteiger partial charge in [-0.05, 0) is 25.1 Å². The highest BCUT2D eigenvalue weighted by Crippen LogP contribution is 2.13. The predicted octanol–water partition coefficient (Wildman–Crippen LogP) is 1.43. The molecule has 0 fully saturated rings. The average Bonchev–Trinajstić information content (AvgIpc) is 2.32. The molecule has 2 N–H and O–H groups in total. The van der Waals surface area contributed by atoms with Crippen LogP contribution in [-0.4, -0.2) is 24.4 Å². The number of Topliss-reactive ketones (excluding diaryl/α,β-unsaturated/α-hetero) is 1. The van der Waals surface area contributed by atoms with Crippen molar-refractivity contribution in [3.05, 3.63) is 35.4 Å². The van der Waals surface area contributed by atoms with Gasteiger partial charge in [0.2, 0.25) is 0 Å². The Labute approximate surface area is 103 Å². The molecule has 0 aromatic heterocycles. The van der Waals surface area contributed by atoms with E-state index in [4.69, 9.17) is 5.73 Å². The number of carbonyl (C=O) groups is 2. The fraction of sp³-hybridized carbons (Fsp3) is 0.333. The molecule has 0 heterocycles. The van der Waals surface area contributed by atoms with Crippen molar-refractivity contribution >= 4 is 11.8 Å². The Hall–Kier alpha value is -1.82. The van der Waals surface area contributed by atoms with Crippen LogP contribution in [0.1, 0.15) is 23.7 Å². The molecule has 0 radical (unpaired) electrons. The summed E-state index contributed by atoms with van der Waals surface area (Å²) in [5.74, 6) is -3.07. The average molecular weight is 257 g/mol. The first-order valence-corrected chi connectivity index (χ1v) is 5.36. The third kappa shape index (κ3) is 3.59. The van der Waals surface area contributed by atoms with Gasteiger partial charge in [-0.25, -0.2) is 8.78 Å². The first-order valence-electron chi connectivity index (χ1n) is 5.36. The molecule has 0 spiro atoms. The number of hydrogen-bond acceptors (Lipinski definition) is 4. The summed E-state index contributed by atoms with van der Waals surface area (Å²) < 4.78 is 30.8. The molecule has 1 unspecified atom stereocenters.